The van der Waals surface area contributed by atoms with Crippen molar-refractivity contribution >= 4 is 23.6 Å². The molecule has 5 rings (SSSR count). The zero-order valence-electron chi connectivity index (χ0n) is 27.4. The van der Waals surface area contributed by atoms with Crippen LogP contribution in [0.1, 0.15) is 59.9 Å². The van der Waals surface area contributed by atoms with Crippen molar-refractivity contribution < 1.29 is 23.9 Å². The Morgan fingerprint density at radius 2 is 1.72 bits per heavy atom. The van der Waals surface area contributed by atoms with Gasteiger partial charge in [0.1, 0.15) is 17.8 Å². The van der Waals surface area contributed by atoms with E-state index in [1.165, 1.54) is 0 Å². The molecule has 248 valence electrons. The number of hydrogen-bond acceptors (Lipinski definition) is 5. The summed E-state index contributed by atoms with van der Waals surface area (Å²) < 4.78 is 6.11. The summed E-state index contributed by atoms with van der Waals surface area (Å²) in [5.41, 5.74) is 4.80. The lowest BCUT2D eigenvalue weighted by molar-refractivity contribution is -0.138. The summed E-state index contributed by atoms with van der Waals surface area (Å²) in [4.78, 5) is 56.4. The Hall–Kier alpha value is -4.66. The summed E-state index contributed by atoms with van der Waals surface area (Å²) >= 11 is 0. The second kappa shape index (κ2) is 16.3. The zero-order chi connectivity index (χ0) is 33.2. The van der Waals surface area contributed by atoms with Crippen molar-refractivity contribution in [2.24, 2.45) is 5.92 Å². The summed E-state index contributed by atoms with van der Waals surface area (Å²) in [5.74, 6) is -0.420. The number of piperidine rings is 1. The van der Waals surface area contributed by atoms with Gasteiger partial charge in [0.15, 0.2) is 0 Å². The van der Waals surface area contributed by atoms with Gasteiger partial charge in [-0.15, -0.1) is 0 Å². The minimum Gasteiger partial charge on any atom is -0.494 e. The highest BCUT2D eigenvalue weighted by atomic mass is 16.5. The molecule has 0 aliphatic carbocycles. The molecule has 4 bridgehead atoms. The van der Waals surface area contributed by atoms with Crippen molar-refractivity contribution in [3.63, 3.8) is 0 Å². The minimum absolute atomic E-state index is 0.0762. The first-order chi connectivity index (χ1) is 22.7. The van der Waals surface area contributed by atoms with E-state index in [1.54, 1.807) is 4.90 Å². The van der Waals surface area contributed by atoms with Crippen LogP contribution in [0.15, 0.2) is 72.8 Å². The quantitative estimate of drug-likeness (QED) is 0.375. The van der Waals surface area contributed by atoms with E-state index in [4.69, 9.17) is 4.74 Å². The zero-order valence-corrected chi connectivity index (χ0v) is 27.4. The Bertz CT molecular complexity index is 1560. The highest BCUT2D eigenvalue weighted by molar-refractivity contribution is 5.95. The molecule has 2 aliphatic heterocycles. The topological polar surface area (TPSA) is 117 Å². The predicted molar refractivity (Wildman–Crippen MR) is 181 cm³/mol. The molecule has 0 saturated carbocycles. The highest BCUT2D eigenvalue weighted by Crippen LogP contribution is 2.23. The lowest BCUT2D eigenvalue weighted by Gasteiger charge is -2.34. The number of benzene rings is 3. The summed E-state index contributed by atoms with van der Waals surface area (Å²) in [6.07, 6.45) is 3.44. The Morgan fingerprint density at radius 3 is 2.53 bits per heavy atom. The standard InChI is InChI=1S/C38H46N4O5/c1-26-9-6-7-13-30(26)22-35(43)40-34-23-36(44)42-19-8-12-29(25-42)18-20-47-32-16-14-27(2)31(21-32)24-39-37(45)33(41-38(34)46)17-15-28-10-4-3-5-11-28/h3-7,9-11,13-14,16,21,29,33-34H,8,12,15,17-20,22-25H2,1-2H3,(H,39,45)(H,40,43)(H,41,46)/t29?,33-,34-/m0/s1. The van der Waals surface area contributed by atoms with E-state index in [0.29, 0.717) is 32.5 Å². The van der Waals surface area contributed by atoms with Crippen molar-refractivity contribution in [3.8, 4) is 5.75 Å². The number of hydrogen-bond donors (Lipinski definition) is 3. The van der Waals surface area contributed by atoms with Gasteiger partial charge in [0, 0.05) is 19.6 Å². The van der Waals surface area contributed by atoms with Gasteiger partial charge in [0.25, 0.3) is 0 Å². The maximum Gasteiger partial charge on any atom is 0.243 e. The maximum absolute atomic E-state index is 14.0. The molecule has 0 aromatic heterocycles. The summed E-state index contributed by atoms with van der Waals surface area (Å²) in [6, 6.07) is 21.2. The Morgan fingerprint density at radius 1 is 0.936 bits per heavy atom. The van der Waals surface area contributed by atoms with Crippen LogP contribution in [0.4, 0.5) is 0 Å². The van der Waals surface area contributed by atoms with Gasteiger partial charge in [-0.05, 0) is 91.8 Å². The first-order valence-electron chi connectivity index (χ1n) is 16.7. The van der Waals surface area contributed by atoms with E-state index < -0.39 is 18.0 Å². The van der Waals surface area contributed by atoms with E-state index in [1.807, 2.05) is 86.6 Å². The molecule has 3 atom stereocenters. The molecule has 1 fully saturated rings. The molecule has 1 unspecified atom stereocenters. The van der Waals surface area contributed by atoms with Crippen LogP contribution < -0.4 is 20.7 Å². The monoisotopic (exact) mass is 638 g/mol. The molecule has 3 aromatic rings. The van der Waals surface area contributed by atoms with Crippen molar-refractivity contribution in [2.75, 3.05) is 19.7 Å². The number of rotatable bonds is 6. The lowest BCUT2D eigenvalue weighted by atomic mass is 9.94. The van der Waals surface area contributed by atoms with Crippen molar-refractivity contribution in [2.45, 2.75) is 77.4 Å². The molecule has 2 aliphatic rings. The van der Waals surface area contributed by atoms with Crippen molar-refractivity contribution in [1.29, 1.82) is 0 Å². The molecule has 9 nitrogen and oxygen atoms in total. The second-order valence-corrected chi connectivity index (χ2v) is 12.8. The minimum atomic E-state index is -1.13. The largest absolute Gasteiger partial charge is 0.494 e. The molecule has 47 heavy (non-hydrogen) atoms. The summed E-state index contributed by atoms with van der Waals surface area (Å²) in [6.45, 7) is 5.89. The fourth-order valence-electron chi connectivity index (χ4n) is 6.34. The van der Waals surface area contributed by atoms with Crippen LogP contribution in [0.25, 0.3) is 0 Å². The SMILES string of the molecule is Cc1ccc2cc1CNC(=O)[C@H](CCc1ccccc1)NC(=O)[C@@H](NC(=O)Cc1ccccc1C)CC(=O)N1CCCC(CCO2)C1. The summed E-state index contributed by atoms with van der Waals surface area (Å²) in [5, 5.41) is 8.76. The smallest absolute Gasteiger partial charge is 0.243 e. The third-order valence-corrected chi connectivity index (χ3v) is 9.28. The fraction of sp³-hybridized carbons (Fsp3) is 0.421. The Labute approximate surface area is 277 Å². The second-order valence-electron chi connectivity index (χ2n) is 12.8. The number of aryl methyl sites for hydroxylation is 3. The number of fused-ring (bicyclic) bond motifs is 4. The van der Waals surface area contributed by atoms with E-state index in [-0.39, 0.29) is 43.0 Å². The molecule has 0 spiro atoms. The first kappa shape index (κ1) is 33.7. The summed E-state index contributed by atoms with van der Waals surface area (Å²) in [7, 11) is 0. The van der Waals surface area contributed by atoms with Gasteiger partial charge in [-0.2, -0.15) is 0 Å². The van der Waals surface area contributed by atoms with Gasteiger partial charge < -0.3 is 25.6 Å². The first-order valence-corrected chi connectivity index (χ1v) is 16.7. The molecule has 4 amide bonds. The van der Waals surface area contributed by atoms with Gasteiger partial charge in [-0.25, -0.2) is 0 Å². The van der Waals surface area contributed by atoms with Gasteiger partial charge in [0.2, 0.25) is 23.6 Å². The van der Waals surface area contributed by atoms with Gasteiger partial charge in [-0.3, -0.25) is 19.2 Å². The Kier molecular flexibility index (Phi) is 11.7. The van der Waals surface area contributed by atoms with E-state index in [2.05, 4.69) is 16.0 Å². The predicted octanol–water partition coefficient (Wildman–Crippen LogP) is 4.18. The average Bonchev–Trinajstić information content (AvgIpc) is 3.07. The molecule has 9 heteroatoms. The molecular formula is C38H46N4O5. The van der Waals surface area contributed by atoms with Crippen molar-refractivity contribution in [1.82, 2.24) is 20.9 Å². The maximum atomic E-state index is 14.0. The van der Waals surface area contributed by atoms with Crippen LogP contribution in [0.2, 0.25) is 0 Å². The number of amides is 4. The molecule has 1 saturated heterocycles. The van der Waals surface area contributed by atoms with Crippen LogP contribution in [-0.4, -0.2) is 60.3 Å². The number of nitrogens with one attached hydrogen (secondary N) is 3. The number of carbonyl (C=O) groups is 4. The molecule has 0 radical (unpaired) electrons. The third-order valence-electron chi connectivity index (χ3n) is 9.28. The molecular weight excluding hydrogens is 592 g/mol. The van der Waals surface area contributed by atoms with Crippen molar-refractivity contribution in [3.05, 3.63) is 101 Å². The normalized spacial score (nSPS) is 21.0. The average molecular weight is 639 g/mol. The number of nitrogens with zero attached hydrogens (tertiary/aromatic N) is 1. The Balaban J connectivity index is 1.40. The van der Waals surface area contributed by atoms with E-state index >= 15 is 0 Å². The van der Waals surface area contributed by atoms with Gasteiger partial charge >= 0.3 is 0 Å². The van der Waals surface area contributed by atoms with Gasteiger partial charge in [0.05, 0.1) is 19.4 Å². The number of ether oxygens (including phenoxy) is 1. The molecule has 3 aromatic carbocycles. The van der Waals surface area contributed by atoms with Gasteiger partial charge in [-0.1, -0.05) is 60.7 Å². The molecule has 2 heterocycles. The fourth-order valence-corrected chi connectivity index (χ4v) is 6.34. The van der Waals surface area contributed by atoms with E-state index in [0.717, 1.165) is 52.8 Å². The van der Waals surface area contributed by atoms with Crippen LogP contribution in [0, 0.1) is 19.8 Å². The number of carbonyl (C=O) groups excluding carboxylic acids is 4. The van der Waals surface area contributed by atoms with Crippen LogP contribution in [-0.2, 0) is 38.6 Å². The third kappa shape index (κ3) is 9.67. The molecule has 3 N–H and O–H groups in total. The van der Waals surface area contributed by atoms with E-state index in [9.17, 15) is 19.2 Å². The van der Waals surface area contributed by atoms with Crippen LogP contribution in [0.5, 0.6) is 5.75 Å². The van der Waals surface area contributed by atoms with Crippen LogP contribution >= 0.6 is 0 Å². The highest BCUT2D eigenvalue weighted by Gasteiger charge is 2.32. The lowest BCUT2D eigenvalue weighted by Crippen LogP contribution is -2.55. The van der Waals surface area contributed by atoms with Crippen LogP contribution in [0.3, 0.4) is 0 Å².